The lowest BCUT2D eigenvalue weighted by Gasteiger charge is -2.21. The average Bonchev–Trinajstić information content (AvgIpc) is 2.97. The van der Waals surface area contributed by atoms with Crippen LogP contribution >= 0.6 is 11.3 Å². The van der Waals surface area contributed by atoms with Gasteiger partial charge in [-0.3, -0.25) is 4.79 Å². The van der Waals surface area contributed by atoms with Crippen LogP contribution in [0.5, 0.6) is 0 Å². The van der Waals surface area contributed by atoms with Crippen molar-refractivity contribution in [3.63, 3.8) is 0 Å². The van der Waals surface area contributed by atoms with Gasteiger partial charge in [-0.2, -0.15) is 0 Å². The largest absolute Gasteiger partial charge is 0.385 e. The van der Waals surface area contributed by atoms with Crippen molar-refractivity contribution < 1.29 is 14.3 Å². The molecule has 0 unspecified atom stereocenters. The second kappa shape index (κ2) is 10.4. The summed E-state index contributed by atoms with van der Waals surface area (Å²) in [5.74, 6) is 5.74. The van der Waals surface area contributed by atoms with E-state index in [-0.39, 0.29) is 5.91 Å². The molecule has 0 spiro atoms. The van der Waals surface area contributed by atoms with Gasteiger partial charge >= 0.3 is 0 Å². The highest BCUT2D eigenvalue weighted by Gasteiger charge is 2.17. The molecular formula is C15H22N2O3S. The SMILES string of the molecule is COCCCN(CCOC)C(=O)c1ccc(C#CCN)s1. The van der Waals surface area contributed by atoms with Crippen LogP contribution in [0.2, 0.25) is 0 Å². The number of thiophene rings is 1. The summed E-state index contributed by atoms with van der Waals surface area (Å²) in [4.78, 5) is 15.8. The van der Waals surface area contributed by atoms with E-state index >= 15 is 0 Å². The molecule has 0 fully saturated rings. The van der Waals surface area contributed by atoms with Gasteiger partial charge in [0.1, 0.15) is 0 Å². The fourth-order valence-electron chi connectivity index (χ4n) is 1.73. The molecular weight excluding hydrogens is 288 g/mol. The first-order valence-corrected chi connectivity index (χ1v) is 7.60. The molecule has 0 saturated heterocycles. The Labute approximate surface area is 130 Å². The molecule has 1 heterocycles. The maximum absolute atomic E-state index is 12.5. The van der Waals surface area contributed by atoms with E-state index in [9.17, 15) is 4.79 Å². The highest BCUT2D eigenvalue weighted by atomic mass is 32.1. The maximum Gasteiger partial charge on any atom is 0.264 e. The molecule has 0 bridgehead atoms. The van der Waals surface area contributed by atoms with E-state index in [0.29, 0.717) is 37.7 Å². The summed E-state index contributed by atoms with van der Waals surface area (Å²) in [7, 11) is 3.28. The van der Waals surface area contributed by atoms with Gasteiger partial charge < -0.3 is 20.1 Å². The fraction of sp³-hybridized carbons (Fsp3) is 0.533. The number of ether oxygens (including phenoxy) is 2. The molecule has 0 aromatic carbocycles. The van der Waals surface area contributed by atoms with Gasteiger partial charge in [-0.25, -0.2) is 0 Å². The zero-order chi connectivity index (χ0) is 15.5. The number of nitrogens with two attached hydrogens (primary N) is 1. The van der Waals surface area contributed by atoms with Gasteiger partial charge in [0.15, 0.2) is 0 Å². The molecule has 2 N–H and O–H groups in total. The summed E-state index contributed by atoms with van der Waals surface area (Å²) in [5.41, 5.74) is 5.34. The molecule has 0 aliphatic rings. The van der Waals surface area contributed by atoms with E-state index < -0.39 is 0 Å². The van der Waals surface area contributed by atoms with Crippen molar-refractivity contribution in [1.82, 2.24) is 4.90 Å². The summed E-state index contributed by atoms with van der Waals surface area (Å²) in [6.45, 7) is 2.69. The Hall–Kier alpha value is -1.39. The van der Waals surface area contributed by atoms with Crippen molar-refractivity contribution in [3.8, 4) is 11.8 Å². The van der Waals surface area contributed by atoms with Crippen LogP contribution in [0.4, 0.5) is 0 Å². The highest BCUT2D eigenvalue weighted by Crippen LogP contribution is 2.17. The van der Waals surface area contributed by atoms with Gasteiger partial charge in [-0.15, -0.1) is 11.3 Å². The number of hydrogen-bond donors (Lipinski definition) is 1. The van der Waals surface area contributed by atoms with Crippen LogP contribution in [0.25, 0.3) is 0 Å². The minimum atomic E-state index is 0.00829. The lowest BCUT2D eigenvalue weighted by atomic mass is 10.3. The van der Waals surface area contributed by atoms with E-state index in [1.54, 1.807) is 19.1 Å². The van der Waals surface area contributed by atoms with E-state index in [0.717, 1.165) is 11.3 Å². The molecule has 0 atom stereocenters. The summed E-state index contributed by atoms with van der Waals surface area (Å²) in [5, 5.41) is 0. The Morgan fingerprint density at radius 1 is 1.29 bits per heavy atom. The number of methoxy groups -OCH3 is 2. The first-order valence-electron chi connectivity index (χ1n) is 6.78. The van der Waals surface area contributed by atoms with E-state index in [4.69, 9.17) is 15.2 Å². The molecule has 0 aliphatic carbocycles. The lowest BCUT2D eigenvalue weighted by Crippen LogP contribution is -2.34. The normalized spacial score (nSPS) is 10.0. The van der Waals surface area contributed by atoms with Crippen LogP contribution in [0.3, 0.4) is 0 Å². The number of hydrogen-bond acceptors (Lipinski definition) is 5. The molecule has 0 aliphatic heterocycles. The van der Waals surface area contributed by atoms with E-state index in [1.165, 1.54) is 11.3 Å². The molecule has 6 heteroatoms. The van der Waals surface area contributed by atoms with Gasteiger partial charge in [0.2, 0.25) is 0 Å². The van der Waals surface area contributed by atoms with Crippen molar-refractivity contribution in [2.24, 2.45) is 5.73 Å². The van der Waals surface area contributed by atoms with Gasteiger partial charge in [0.05, 0.1) is 22.9 Å². The smallest absolute Gasteiger partial charge is 0.264 e. The minimum absolute atomic E-state index is 0.00829. The van der Waals surface area contributed by atoms with Crippen molar-refractivity contribution >= 4 is 17.2 Å². The monoisotopic (exact) mass is 310 g/mol. The zero-order valence-electron chi connectivity index (χ0n) is 12.6. The summed E-state index contributed by atoms with van der Waals surface area (Å²) in [6, 6.07) is 3.66. The first-order chi connectivity index (χ1) is 10.2. The second-order valence-corrected chi connectivity index (χ2v) is 5.38. The van der Waals surface area contributed by atoms with Gasteiger partial charge in [-0.05, 0) is 18.6 Å². The first kappa shape index (κ1) is 17.7. The van der Waals surface area contributed by atoms with Crippen LogP contribution in [0, 0.1) is 11.8 Å². The zero-order valence-corrected chi connectivity index (χ0v) is 13.4. The average molecular weight is 310 g/mol. The van der Waals surface area contributed by atoms with E-state index in [1.807, 2.05) is 12.1 Å². The van der Waals surface area contributed by atoms with E-state index in [2.05, 4.69) is 11.8 Å². The molecule has 1 rings (SSSR count). The fourth-order valence-corrected chi connectivity index (χ4v) is 2.58. The second-order valence-electron chi connectivity index (χ2n) is 4.30. The summed E-state index contributed by atoms with van der Waals surface area (Å²) >= 11 is 1.39. The van der Waals surface area contributed by atoms with Gasteiger partial charge in [-0.1, -0.05) is 11.8 Å². The predicted molar refractivity (Wildman–Crippen MR) is 84.5 cm³/mol. The summed E-state index contributed by atoms with van der Waals surface area (Å²) < 4.78 is 10.1. The third kappa shape index (κ3) is 6.27. The van der Waals surface area contributed by atoms with Gasteiger partial charge in [0.25, 0.3) is 5.91 Å². The number of nitrogens with zero attached hydrogens (tertiary/aromatic N) is 1. The number of carbonyl (C=O) groups is 1. The quantitative estimate of drug-likeness (QED) is 0.578. The molecule has 1 aromatic rings. The van der Waals surface area contributed by atoms with Crippen molar-refractivity contribution in [2.75, 3.05) is 47.1 Å². The Morgan fingerprint density at radius 3 is 2.71 bits per heavy atom. The molecule has 21 heavy (non-hydrogen) atoms. The molecule has 1 aromatic heterocycles. The Bertz CT molecular complexity index is 491. The molecule has 0 saturated carbocycles. The number of carbonyl (C=O) groups excluding carboxylic acids is 1. The van der Waals surface area contributed by atoms with Crippen LogP contribution < -0.4 is 5.73 Å². The maximum atomic E-state index is 12.5. The summed E-state index contributed by atoms with van der Waals surface area (Å²) in [6.07, 6.45) is 0.803. The lowest BCUT2D eigenvalue weighted by molar-refractivity contribution is 0.0679. The molecule has 1 amide bonds. The number of amides is 1. The number of rotatable bonds is 8. The van der Waals surface area contributed by atoms with Crippen LogP contribution in [-0.4, -0.2) is 57.9 Å². The van der Waals surface area contributed by atoms with Crippen LogP contribution in [0.15, 0.2) is 12.1 Å². The molecule has 5 nitrogen and oxygen atoms in total. The van der Waals surface area contributed by atoms with Gasteiger partial charge in [0, 0.05) is 33.9 Å². The van der Waals surface area contributed by atoms with Crippen molar-refractivity contribution in [3.05, 3.63) is 21.9 Å². The highest BCUT2D eigenvalue weighted by molar-refractivity contribution is 7.14. The van der Waals surface area contributed by atoms with Crippen LogP contribution in [-0.2, 0) is 9.47 Å². The third-order valence-electron chi connectivity index (χ3n) is 2.76. The third-order valence-corrected chi connectivity index (χ3v) is 3.75. The Kier molecular flexibility index (Phi) is 8.71. The molecule has 116 valence electrons. The topological polar surface area (TPSA) is 64.8 Å². The standard InChI is InChI=1S/C15H22N2O3S/c1-19-11-4-9-17(10-12-20-2)15(18)14-7-6-13(21-14)5-3-8-16/h6-7H,4,8-12,16H2,1-2H3. The molecule has 0 radical (unpaired) electrons. The minimum Gasteiger partial charge on any atom is -0.385 e. The Balaban J connectivity index is 2.70. The van der Waals surface area contributed by atoms with Crippen molar-refractivity contribution in [2.45, 2.75) is 6.42 Å². The Morgan fingerprint density at radius 2 is 2.05 bits per heavy atom. The van der Waals surface area contributed by atoms with Crippen molar-refractivity contribution in [1.29, 1.82) is 0 Å². The van der Waals surface area contributed by atoms with Crippen LogP contribution in [0.1, 0.15) is 21.0 Å². The predicted octanol–water partition coefficient (Wildman–Crippen LogP) is 1.18.